The Morgan fingerprint density at radius 1 is 1.00 bits per heavy atom. The summed E-state index contributed by atoms with van der Waals surface area (Å²) in [4.78, 5) is 9.36. The monoisotopic (exact) mass is 357 g/mol. The van der Waals surface area contributed by atoms with Crippen LogP contribution in [0.15, 0.2) is 48.5 Å². The number of fused-ring (bicyclic) bond motifs is 2. The van der Waals surface area contributed by atoms with Gasteiger partial charge in [-0.15, -0.1) is 0 Å². The molecule has 2 aromatic carbocycles. The molecule has 0 spiro atoms. The van der Waals surface area contributed by atoms with E-state index < -0.39 is 0 Å². The summed E-state index contributed by atoms with van der Waals surface area (Å²) in [5, 5.41) is 17.4. The standard InChI is InChI=1S/C21H19N5O/c22-19-17-18(13-7-5-12(11-27)6-8-13)25-26-21(17)24-20(23-19)16-9-14-3-1-2-4-15(14)10-16/h1-8,16,27H,9-11H2,(H3,22,23,24,25,26). The summed E-state index contributed by atoms with van der Waals surface area (Å²) in [6, 6.07) is 16.1. The molecule has 0 atom stereocenters. The summed E-state index contributed by atoms with van der Waals surface area (Å²) in [5.41, 5.74) is 12.2. The van der Waals surface area contributed by atoms with E-state index in [1.165, 1.54) is 11.1 Å². The predicted molar refractivity (Wildman–Crippen MR) is 104 cm³/mol. The average molecular weight is 357 g/mol. The molecular weight excluding hydrogens is 338 g/mol. The first-order chi connectivity index (χ1) is 13.2. The van der Waals surface area contributed by atoms with E-state index in [1.54, 1.807) is 0 Å². The number of H-pyrrole nitrogens is 1. The highest BCUT2D eigenvalue weighted by atomic mass is 16.3. The Labute approximate surface area is 156 Å². The fourth-order valence-electron chi connectivity index (χ4n) is 3.88. The Morgan fingerprint density at radius 3 is 2.37 bits per heavy atom. The number of aliphatic hydroxyl groups excluding tert-OH is 1. The lowest BCUT2D eigenvalue weighted by molar-refractivity contribution is 0.282. The number of aromatic amines is 1. The van der Waals surface area contributed by atoms with Crippen molar-refractivity contribution in [1.29, 1.82) is 0 Å². The fourth-order valence-corrected chi connectivity index (χ4v) is 3.88. The van der Waals surface area contributed by atoms with E-state index >= 15 is 0 Å². The number of nitrogens with zero attached hydrogens (tertiary/aromatic N) is 3. The molecule has 2 heterocycles. The zero-order valence-corrected chi connectivity index (χ0v) is 14.7. The third-order valence-corrected chi connectivity index (χ3v) is 5.29. The number of rotatable bonds is 3. The second kappa shape index (κ2) is 6.17. The Balaban J connectivity index is 1.53. The molecule has 1 aliphatic carbocycles. The van der Waals surface area contributed by atoms with Gasteiger partial charge in [-0.1, -0.05) is 48.5 Å². The summed E-state index contributed by atoms with van der Waals surface area (Å²) in [6.45, 7) is 0.0139. The van der Waals surface area contributed by atoms with E-state index in [-0.39, 0.29) is 12.5 Å². The molecule has 0 amide bonds. The Morgan fingerprint density at radius 2 is 1.70 bits per heavy atom. The molecule has 0 bridgehead atoms. The van der Waals surface area contributed by atoms with Crippen LogP contribution in [0.2, 0.25) is 0 Å². The molecule has 4 N–H and O–H groups in total. The third kappa shape index (κ3) is 2.65. The molecule has 134 valence electrons. The molecule has 1 aliphatic rings. The number of nitrogen functional groups attached to an aromatic ring is 1. The normalized spacial score (nSPS) is 14.0. The molecule has 2 aromatic heterocycles. The van der Waals surface area contributed by atoms with Crippen molar-refractivity contribution in [3.63, 3.8) is 0 Å². The Hall–Kier alpha value is -3.25. The minimum absolute atomic E-state index is 0.0139. The smallest absolute Gasteiger partial charge is 0.161 e. The number of nitrogens with one attached hydrogen (secondary N) is 1. The molecular formula is C21H19N5O. The van der Waals surface area contributed by atoms with Crippen LogP contribution in [0, 0.1) is 0 Å². The summed E-state index contributed by atoms with van der Waals surface area (Å²) in [5.74, 6) is 1.45. The van der Waals surface area contributed by atoms with Crippen LogP contribution in [0.1, 0.15) is 28.4 Å². The highest BCUT2D eigenvalue weighted by Crippen LogP contribution is 2.35. The topological polar surface area (TPSA) is 101 Å². The first-order valence-corrected chi connectivity index (χ1v) is 9.01. The third-order valence-electron chi connectivity index (χ3n) is 5.29. The van der Waals surface area contributed by atoms with Crippen molar-refractivity contribution in [1.82, 2.24) is 20.2 Å². The van der Waals surface area contributed by atoms with Crippen molar-refractivity contribution in [2.24, 2.45) is 0 Å². The van der Waals surface area contributed by atoms with Gasteiger partial charge in [-0.3, -0.25) is 5.10 Å². The number of benzene rings is 2. The number of aromatic nitrogens is 4. The summed E-state index contributed by atoms with van der Waals surface area (Å²) in [6.07, 6.45) is 1.87. The maximum Gasteiger partial charge on any atom is 0.161 e. The van der Waals surface area contributed by atoms with Gasteiger partial charge in [0.2, 0.25) is 0 Å². The van der Waals surface area contributed by atoms with E-state index in [4.69, 9.17) is 10.7 Å². The summed E-state index contributed by atoms with van der Waals surface area (Å²) < 4.78 is 0. The summed E-state index contributed by atoms with van der Waals surface area (Å²) in [7, 11) is 0. The zero-order valence-electron chi connectivity index (χ0n) is 14.7. The molecule has 6 heteroatoms. The molecule has 0 unspecified atom stereocenters. The van der Waals surface area contributed by atoms with Gasteiger partial charge in [0.1, 0.15) is 17.3 Å². The largest absolute Gasteiger partial charge is 0.392 e. The van der Waals surface area contributed by atoms with Crippen LogP contribution in [0.25, 0.3) is 22.3 Å². The van der Waals surface area contributed by atoms with Crippen LogP contribution in [0.3, 0.4) is 0 Å². The maximum absolute atomic E-state index is 9.21. The van der Waals surface area contributed by atoms with Gasteiger partial charge in [-0.25, -0.2) is 9.97 Å². The van der Waals surface area contributed by atoms with E-state index in [9.17, 15) is 5.11 Å². The number of nitrogens with two attached hydrogens (primary N) is 1. The van der Waals surface area contributed by atoms with Crippen LogP contribution in [0.4, 0.5) is 5.82 Å². The van der Waals surface area contributed by atoms with E-state index in [2.05, 4.69) is 39.4 Å². The van der Waals surface area contributed by atoms with E-state index in [0.29, 0.717) is 11.5 Å². The van der Waals surface area contributed by atoms with Crippen molar-refractivity contribution >= 4 is 16.9 Å². The molecule has 4 aromatic rings. The first kappa shape index (κ1) is 16.0. The maximum atomic E-state index is 9.21. The van der Waals surface area contributed by atoms with Gasteiger partial charge in [0, 0.05) is 11.5 Å². The average Bonchev–Trinajstić information content (AvgIpc) is 3.32. The molecule has 6 nitrogen and oxygen atoms in total. The molecule has 0 radical (unpaired) electrons. The van der Waals surface area contributed by atoms with Gasteiger partial charge in [0.05, 0.1) is 12.0 Å². The number of hydrogen-bond donors (Lipinski definition) is 3. The minimum Gasteiger partial charge on any atom is -0.392 e. The van der Waals surface area contributed by atoms with Gasteiger partial charge < -0.3 is 10.8 Å². The lowest BCUT2D eigenvalue weighted by atomic mass is 10.0. The first-order valence-electron chi connectivity index (χ1n) is 9.01. The minimum atomic E-state index is 0.0139. The van der Waals surface area contributed by atoms with E-state index in [0.717, 1.165) is 40.9 Å². The fraction of sp³-hybridized carbons (Fsp3) is 0.190. The molecule has 27 heavy (non-hydrogen) atoms. The predicted octanol–water partition coefficient (Wildman–Crippen LogP) is 2.98. The lowest BCUT2D eigenvalue weighted by Crippen LogP contribution is -2.07. The van der Waals surface area contributed by atoms with Crippen LogP contribution >= 0.6 is 0 Å². The van der Waals surface area contributed by atoms with Crippen LogP contribution < -0.4 is 5.73 Å². The van der Waals surface area contributed by atoms with Crippen molar-refractivity contribution < 1.29 is 5.11 Å². The number of anilines is 1. The van der Waals surface area contributed by atoms with Crippen LogP contribution in [-0.4, -0.2) is 25.3 Å². The molecule has 0 saturated carbocycles. The van der Waals surface area contributed by atoms with Crippen molar-refractivity contribution in [3.05, 3.63) is 71.0 Å². The highest BCUT2D eigenvalue weighted by Gasteiger charge is 2.26. The Kier molecular flexibility index (Phi) is 3.65. The van der Waals surface area contributed by atoms with Gasteiger partial charge in [-0.05, 0) is 29.5 Å². The van der Waals surface area contributed by atoms with E-state index in [1.807, 2.05) is 24.3 Å². The molecule has 5 rings (SSSR count). The second-order valence-corrected chi connectivity index (χ2v) is 6.99. The summed E-state index contributed by atoms with van der Waals surface area (Å²) >= 11 is 0. The van der Waals surface area contributed by atoms with Crippen molar-refractivity contribution in [2.45, 2.75) is 25.4 Å². The van der Waals surface area contributed by atoms with Gasteiger partial charge in [0.15, 0.2) is 5.65 Å². The molecule has 0 fully saturated rings. The van der Waals surface area contributed by atoms with Gasteiger partial charge in [-0.2, -0.15) is 5.10 Å². The van der Waals surface area contributed by atoms with Gasteiger partial charge in [0.25, 0.3) is 0 Å². The van der Waals surface area contributed by atoms with Crippen molar-refractivity contribution in [2.75, 3.05) is 5.73 Å². The number of hydrogen-bond acceptors (Lipinski definition) is 5. The highest BCUT2D eigenvalue weighted by molar-refractivity contribution is 5.98. The Bertz CT molecular complexity index is 1110. The van der Waals surface area contributed by atoms with Crippen molar-refractivity contribution in [3.8, 4) is 11.3 Å². The van der Waals surface area contributed by atoms with Crippen LogP contribution in [-0.2, 0) is 19.4 Å². The molecule has 0 aliphatic heterocycles. The SMILES string of the molecule is Nc1nc(C2Cc3ccccc3C2)nc2[nH]nc(-c3ccc(CO)cc3)c12. The quantitative estimate of drug-likeness (QED) is 0.523. The molecule has 0 saturated heterocycles. The second-order valence-electron chi connectivity index (χ2n) is 6.99. The zero-order chi connectivity index (χ0) is 18.4. The number of aliphatic hydroxyl groups is 1. The van der Waals surface area contributed by atoms with Crippen LogP contribution in [0.5, 0.6) is 0 Å². The lowest BCUT2D eigenvalue weighted by Gasteiger charge is -2.09. The van der Waals surface area contributed by atoms with Gasteiger partial charge >= 0.3 is 0 Å².